The Hall–Kier alpha value is -1.08. The van der Waals surface area contributed by atoms with Crippen LogP contribution in [0.3, 0.4) is 0 Å². The molecule has 1 fully saturated rings. The number of hydrogen-bond donors (Lipinski definition) is 2. The van der Waals surface area contributed by atoms with E-state index in [-0.39, 0.29) is 24.6 Å². The van der Waals surface area contributed by atoms with E-state index in [4.69, 9.17) is 9.47 Å². The van der Waals surface area contributed by atoms with E-state index in [0.29, 0.717) is 13.0 Å². The molecule has 1 aliphatic heterocycles. The van der Waals surface area contributed by atoms with E-state index in [1.54, 1.807) is 6.92 Å². The predicted octanol–water partition coefficient (Wildman–Crippen LogP) is 0.697. The highest BCUT2D eigenvalue weighted by Gasteiger charge is 2.28. The molecular weight excluding hydrogens is 282 g/mol. The first-order valence-corrected chi connectivity index (χ1v) is 7.47. The maximum absolute atomic E-state index is 11.8. The third kappa shape index (κ3) is 5.50. The molecule has 0 spiro atoms. The lowest BCUT2D eigenvalue weighted by molar-refractivity contribution is -0.163. The van der Waals surface area contributed by atoms with Crippen molar-refractivity contribution in [3.8, 4) is 0 Å². The first kappa shape index (κ1) is 17.0. The Bertz CT molecular complexity index is 355. The first-order chi connectivity index (χ1) is 9.58. The Morgan fingerprint density at radius 2 is 2.15 bits per heavy atom. The lowest BCUT2D eigenvalue weighted by Gasteiger charge is -2.14. The van der Waals surface area contributed by atoms with E-state index in [1.165, 1.54) is 0 Å². The third-order valence-corrected chi connectivity index (χ3v) is 3.54. The third-order valence-electron chi connectivity index (χ3n) is 3.10. The lowest BCUT2D eigenvalue weighted by atomic mass is 10.1. The smallest absolute Gasteiger partial charge is 0.330 e. The molecule has 1 heterocycles. The Morgan fingerprint density at radius 3 is 2.70 bits per heavy atom. The molecule has 0 amide bonds. The zero-order valence-electron chi connectivity index (χ0n) is 11.6. The van der Waals surface area contributed by atoms with Gasteiger partial charge < -0.3 is 14.8 Å². The Kier molecular flexibility index (Phi) is 7.61. The minimum Gasteiger partial charge on any atom is -0.466 e. The van der Waals surface area contributed by atoms with Crippen LogP contribution < -0.4 is 5.32 Å². The van der Waals surface area contributed by atoms with Crippen molar-refractivity contribution in [1.29, 1.82) is 0 Å². The van der Waals surface area contributed by atoms with Gasteiger partial charge >= 0.3 is 17.9 Å². The molecule has 1 unspecified atom stereocenters. The zero-order chi connectivity index (χ0) is 15.0. The number of thiol groups is 1. The molecule has 0 aromatic heterocycles. The maximum Gasteiger partial charge on any atom is 0.330 e. The number of esters is 3. The highest BCUT2D eigenvalue weighted by molar-refractivity contribution is 7.80. The fraction of sp³-hybridized carbons (Fsp3) is 0.769. The van der Waals surface area contributed by atoms with E-state index in [9.17, 15) is 14.4 Å². The van der Waals surface area contributed by atoms with Crippen molar-refractivity contribution in [3.05, 3.63) is 0 Å². The van der Waals surface area contributed by atoms with E-state index in [2.05, 4.69) is 17.9 Å². The van der Waals surface area contributed by atoms with Crippen molar-refractivity contribution in [2.75, 3.05) is 18.9 Å². The number of ether oxygens (including phenoxy) is 2. The summed E-state index contributed by atoms with van der Waals surface area (Å²) in [6.45, 7) is 2.78. The summed E-state index contributed by atoms with van der Waals surface area (Å²) in [6, 6.07) is -0.399. The minimum absolute atomic E-state index is 0.115. The molecule has 0 saturated carbocycles. The molecule has 0 radical (unpaired) electrons. The Balaban J connectivity index is 2.37. The van der Waals surface area contributed by atoms with Gasteiger partial charge in [-0.15, -0.1) is 0 Å². The second-order valence-electron chi connectivity index (χ2n) is 4.61. The van der Waals surface area contributed by atoms with E-state index < -0.39 is 23.9 Å². The predicted molar refractivity (Wildman–Crippen MR) is 75.3 cm³/mol. The van der Waals surface area contributed by atoms with Crippen molar-refractivity contribution in [2.45, 2.75) is 38.6 Å². The number of rotatable bonds is 7. The molecular formula is C13H21NO5S. The van der Waals surface area contributed by atoms with Crippen molar-refractivity contribution in [1.82, 2.24) is 5.32 Å². The molecule has 0 aromatic rings. The lowest BCUT2D eigenvalue weighted by Crippen LogP contribution is -2.35. The first-order valence-electron chi connectivity index (χ1n) is 6.83. The largest absolute Gasteiger partial charge is 0.466 e. The Morgan fingerprint density at radius 1 is 1.40 bits per heavy atom. The fourth-order valence-electron chi connectivity index (χ4n) is 1.95. The molecule has 1 aliphatic rings. The normalized spacial score (nSPS) is 19.4. The molecule has 0 bridgehead atoms. The van der Waals surface area contributed by atoms with Crippen molar-refractivity contribution in [3.63, 3.8) is 0 Å². The van der Waals surface area contributed by atoms with Crippen LogP contribution in [-0.4, -0.2) is 42.9 Å². The number of carbonyl (C=O) groups excluding carboxylic acids is 3. The van der Waals surface area contributed by atoms with Gasteiger partial charge in [-0.05, 0) is 32.7 Å². The van der Waals surface area contributed by atoms with Crippen LogP contribution >= 0.6 is 12.6 Å². The molecule has 114 valence electrons. The molecule has 20 heavy (non-hydrogen) atoms. The van der Waals surface area contributed by atoms with Gasteiger partial charge in [-0.2, -0.15) is 12.6 Å². The van der Waals surface area contributed by atoms with Crippen LogP contribution in [0.4, 0.5) is 0 Å². The monoisotopic (exact) mass is 303 g/mol. The SMILES string of the molecule is CCOC(=O)CCC(CS)C(=O)OC(=O)[C@@H]1CCCN1. The van der Waals surface area contributed by atoms with Crippen molar-refractivity contribution >= 4 is 30.5 Å². The van der Waals surface area contributed by atoms with Gasteiger partial charge in [0.15, 0.2) is 0 Å². The van der Waals surface area contributed by atoms with Crippen LogP contribution in [0, 0.1) is 5.92 Å². The van der Waals surface area contributed by atoms with E-state index in [1.807, 2.05) is 0 Å². The van der Waals surface area contributed by atoms with Gasteiger partial charge in [0.25, 0.3) is 0 Å². The van der Waals surface area contributed by atoms with Crippen LogP contribution in [-0.2, 0) is 23.9 Å². The average Bonchev–Trinajstić information content (AvgIpc) is 2.93. The van der Waals surface area contributed by atoms with Gasteiger partial charge in [0.05, 0.1) is 12.5 Å². The maximum atomic E-state index is 11.8. The quantitative estimate of drug-likeness (QED) is 0.409. The standard InChI is InChI=1S/C13H21NO5S/c1-2-18-11(15)6-5-9(8-20)12(16)19-13(17)10-4-3-7-14-10/h9-10,14,20H,2-8H2,1H3/t9?,10-/m0/s1. The summed E-state index contributed by atoms with van der Waals surface area (Å²) in [7, 11) is 0. The van der Waals surface area contributed by atoms with Crippen LogP contribution in [0.1, 0.15) is 32.6 Å². The second-order valence-corrected chi connectivity index (χ2v) is 4.98. The fourth-order valence-corrected chi connectivity index (χ4v) is 2.28. The van der Waals surface area contributed by atoms with Gasteiger partial charge in [0.1, 0.15) is 6.04 Å². The molecule has 7 heteroatoms. The van der Waals surface area contributed by atoms with Gasteiger partial charge in [0.2, 0.25) is 0 Å². The summed E-state index contributed by atoms with van der Waals surface area (Å²) >= 11 is 4.06. The number of nitrogens with one attached hydrogen (secondary N) is 1. The molecule has 1 rings (SSSR count). The van der Waals surface area contributed by atoms with Gasteiger partial charge in [-0.25, -0.2) is 4.79 Å². The number of hydrogen-bond acceptors (Lipinski definition) is 7. The summed E-state index contributed by atoms with van der Waals surface area (Å²) < 4.78 is 9.62. The number of carbonyl (C=O) groups is 3. The molecule has 1 N–H and O–H groups in total. The van der Waals surface area contributed by atoms with Crippen LogP contribution in [0.25, 0.3) is 0 Å². The summed E-state index contributed by atoms with van der Waals surface area (Å²) in [4.78, 5) is 34.8. The average molecular weight is 303 g/mol. The zero-order valence-corrected chi connectivity index (χ0v) is 12.5. The van der Waals surface area contributed by atoms with Crippen LogP contribution in [0.2, 0.25) is 0 Å². The second kappa shape index (κ2) is 8.97. The van der Waals surface area contributed by atoms with Crippen molar-refractivity contribution in [2.24, 2.45) is 5.92 Å². The minimum atomic E-state index is -0.622. The summed E-state index contributed by atoms with van der Waals surface area (Å²) in [5.74, 6) is -1.88. The van der Waals surface area contributed by atoms with Crippen LogP contribution in [0.5, 0.6) is 0 Å². The Labute approximate surface area is 124 Å². The highest BCUT2D eigenvalue weighted by atomic mass is 32.1. The molecule has 1 saturated heterocycles. The van der Waals surface area contributed by atoms with E-state index >= 15 is 0 Å². The van der Waals surface area contributed by atoms with Gasteiger partial charge in [-0.3, -0.25) is 9.59 Å². The topological polar surface area (TPSA) is 81.7 Å². The van der Waals surface area contributed by atoms with Gasteiger partial charge in [-0.1, -0.05) is 0 Å². The summed E-state index contributed by atoms with van der Waals surface area (Å²) in [5, 5.41) is 2.97. The molecule has 0 aliphatic carbocycles. The van der Waals surface area contributed by atoms with Crippen molar-refractivity contribution < 1.29 is 23.9 Å². The highest BCUT2D eigenvalue weighted by Crippen LogP contribution is 2.14. The van der Waals surface area contributed by atoms with Crippen LogP contribution in [0.15, 0.2) is 0 Å². The summed E-state index contributed by atoms with van der Waals surface area (Å²) in [6.07, 6.45) is 1.96. The molecule has 6 nitrogen and oxygen atoms in total. The van der Waals surface area contributed by atoms with E-state index in [0.717, 1.165) is 13.0 Å². The van der Waals surface area contributed by atoms with Gasteiger partial charge in [0, 0.05) is 12.2 Å². The molecule has 0 aromatic carbocycles. The summed E-state index contributed by atoms with van der Waals surface area (Å²) in [5.41, 5.74) is 0. The molecule has 2 atom stereocenters.